The second-order valence-corrected chi connectivity index (χ2v) is 7.39. The summed E-state index contributed by atoms with van der Waals surface area (Å²) in [5.41, 5.74) is 0. The molecule has 4 nitrogen and oxygen atoms in total. The van der Waals surface area contributed by atoms with Crippen molar-refractivity contribution in [1.82, 2.24) is 4.90 Å². The van der Waals surface area contributed by atoms with Crippen LogP contribution in [0.1, 0.15) is 45.4 Å². The SMILES string of the molecule is CC1CC2CCCCC2N1CCCS(N)(=O)=O. The third-order valence-electron chi connectivity index (χ3n) is 4.35. The summed E-state index contributed by atoms with van der Waals surface area (Å²) >= 11 is 0. The van der Waals surface area contributed by atoms with Crippen LogP contribution in [0.15, 0.2) is 0 Å². The van der Waals surface area contributed by atoms with E-state index in [1.165, 1.54) is 32.1 Å². The molecular formula is C12H24N2O2S. The molecule has 5 heteroatoms. The fraction of sp³-hybridized carbons (Fsp3) is 1.00. The zero-order valence-electron chi connectivity index (χ0n) is 10.6. The van der Waals surface area contributed by atoms with Gasteiger partial charge in [0.1, 0.15) is 0 Å². The highest BCUT2D eigenvalue weighted by atomic mass is 32.2. The summed E-state index contributed by atoms with van der Waals surface area (Å²) in [5.74, 6) is 0.974. The van der Waals surface area contributed by atoms with Gasteiger partial charge in [-0.2, -0.15) is 0 Å². The summed E-state index contributed by atoms with van der Waals surface area (Å²) < 4.78 is 21.9. The zero-order chi connectivity index (χ0) is 12.5. The van der Waals surface area contributed by atoms with Crippen molar-refractivity contribution < 1.29 is 8.42 Å². The predicted molar refractivity (Wildman–Crippen MR) is 69.1 cm³/mol. The van der Waals surface area contributed by atoms with E-state index < -0.39 is 10.0 Å². The first-order valence-electron chi connectivity index (χ1n) is 6.73. The van der Waals surface area contributed by atoms with Crippen LogP contribution in [0.25, 0.3) is 0 Å². The van der Waals surface area contributed by atoms with Crippen molar-refractivity contribution >= 4 is 10.0 Å². The van der Waals surface area contributed by atoms with Gasteiger partial charge in [0.05, 0.1) is 5.75 Å². The van der Waals surface area contributed by atoms with E-state index >= 15 is 0 Å². The molecule has 100 valence electrons. The van der Waals surface area contributed by atoms with E-state index in [1.54, 1.807) is 0 Å². The number of primary sulfonamides is 1. The van der Waals surface area contributed by atoms with Crippen molar-refractivity contribution in [1.29, 1.82) is 0 Å². The summed E-state index contributed by atoms with van der Waals surface area (Å²) in [6.45, 7) is 3.16. The summed E-state index contributed by atoms with van der Waals surface area (Å²) in [6.07, 6.45) is 7.33. The average Bonchev–Trinajstić information content (AvgIpc) is 2.54. The van der Waals surface area contributed by atoms with Crippen molar-refractivity contribution in [2.75, 3.05) is 12.3 Å². The largest absolute Gasteiger partial charge is 0.297 e. The number of nitrogens with two attached hydrogens (primary N) is 1. The fourth-order valence-electron chi connectivity index (χ4n) is 3.63. The van der Waals surface area contributed by atoms with E-state index in [9.17, 15) is 8.42 Å². The molecule has 0 spiro atoms. The highest BCUT2D eigenvalue weighted by molar-refractivity contribution is 7.89. The minimum absolute atomic E-state index is 0.119. The maximum absolute atomic E-state index is 10.9. The topological polar surface area (TPSA) is 63.4 Å². The molecule has 1 aliphatic carbocycles. The first-order chi connectivity index (χ1) is 7.97. The lowest BCUT2D eigenvalue weighted by molar-refractivity contribution is 0.157. The van der Waals surface area contributed by atoms with Gasteiger partial charge in [0, 0.05) is 12.1 Å². The van der Waals surface area contributed by atoms with Crippen LogP contribution in [-0.4, -0.2) is 37.7 Å². The first-order valence-corrected chi connectivity index (χ1v) is 8.45. The van der Waals surface area contributed by atoms with E-state index in [2.05, 4.69) is 11.8 Å². The minimum Gasteiger partial charge on any atom is -0.297 e. The van der Waals surface area contributed by atoms with E-state index in [0.717, 1.165) is 12.5 Å². The van der Waals surface area contributed by atoms with Gasteiger partial charge in [-0.3, -0.25) is 4.90 Å². The molecule has 0 aromatic heterocycles. The van der Waals surface area contributed by atoms with Crippen LogP contribution < -0.4 is 5.14 Å². The summed E-state index contributed by atoms with van der Waals surface area (Å²) in [7, 11) is -3.29. The molecule has 1 heterocycles. The highest BCUT2D eigenvalue weighted by Crippen LogP contribution is 2.39. The van der Waals surface area contributed by atoms with Crippen LogP contribution in [0.4, 0.5) is 0 Å². The molecule has 0 bridgehead atoms. The third-order valence-corrected chi connectivity index (χ3v) is 5.21. The van der Waals surface area contributed by atoms with Crippen LogP contribution in [0.5, 0.6) is 0 Å². The molecular weight excluding hydrogens is 236 g/mol. The Hall–Kier alpha value is -0.130. The van der Waals surface area contributed by atoms with Crippen molar-refractivity contribution in [3.05, 3.63) is 0 Å². The molecule has 0 aromatic rings. The van der Waals surface area contributed by atoms with Gasteiger partial charge >= 0.3 is 0 Å². The maximum Gasteiger partial charge on any atom is 0.209 e. The van der Waals surface area contributed by atoms with Crippen molar-refractivity contribution in [2.24, 2.45) is 11.1 Å². The molecule has 0 aromatic carbocycles. The van der Waals surface area contributed by atoms with Crippen molar-refractivity contribution in [2.45, 2.75) is 57.5 Å². The Morgan fingerprint density at radius 1 is 1.29 bits per heavy atom. The minimum atomic E-state index is -3.29. The molecule has 2 rings (SSSR count). The maximum atomic E-state index is 10.9. The van der Waals surface area contributed by atoms with Gasteiger partial charge in [-0.05, 0) is 45.1 Å². The van der Waals surface area contributed by atoms with E-state index in [1.807, 2.05) is 0 Å². The Labute approximate surface area is 105 Å². The Bertz CT molecular complexity index is 356. The summed E-state index contributed by atoms with van der Waals surface area (Å²) in [5, 5.41) is 5.04. The molecule has 17 heavy (non-hydrogen) atoms. The molecule has 1 saturated heterocycles. The number of rotatable bonds is 4. The van der Waals surface area contributed by atoms with Gasteiger partial charge in [-0.15, -0.1) is 0 Å². The summed E-state index contributed by atoms with van der Waals surface area (Å²) in [6, 6.07) is 1.32. The van der Waals surface area contributed by atoms with Gasteiger partial charge < -0.3 is 0 Å². The Kier molecular flexibility index (Phi) is 4.10. The molecule has 2 aliphatic rings. The lowest BCUT2D eigenvalue weighted by Gasteiger charge is -2.33. The fourth-order valence-corrected chi connectivity index (χ4v) is 4.17. The van der Waals surface area contributed by atoms with Crippen LogP contribution in [-0.2, 0) is 10.0 Å². The molecule has 2 fully saturated rings. The lowest BCUT2D eigenvalue weighted by Crippen LogP contribution is -2.39. The van der Waals surface area contributed by atoms with E-state index in [0.29, 0.717) is 18.5 Å². The van der Waals surface area contributed by atoms with Crippen LogP contribution in [0.2, 0.25) is 0 Å². The second kappa shape index (κ2) is 5.24. The molecule has 3 unspecified atom stereocenters. The Balaban J connectivity index is 1.87. The Morgan fingerprint density at radius 3 is 2.71 bits per heavy atom. The van der Waals surface area contributed by atoms with Crippen LogP contribution >= 0.6 is 0 Å². The molecule has 3 atom stereocenters. The standard InChI is InChI=1S/C12H24N2O2S/c1-10-9-11-5-2-3-6-12(11)14(10)7-4-8-17(13,15)16/h10-12H,2-9H2,1H3,(H2,13,15,16). The summed E-state index contributed by atoms with van der Waals surface area (Å²) in [4.78, 5) is 2.52. The molecule has 0 radical (unpaired) electrons. The third kappa shape index (κ3) is 3.42. The molecule has 1 saturated carbocycles. The predicted octanol–water partition coefficient (Wildman–Crippen LogP) is 1.32. The lowest BCUT2D eigenvalue weighted by atomic mass is 9.85. The smallest absolute Gasteiger partial charge is 0.209 e. The number of hydrogen-bond acceptors (Lipinski definition) is 3. The van der Waals surface area contributed by atoms with Gasteiger partial charge in [-0.25, -0.2) is 13.6 Å². The average molecular weight is 260 g/mol. The number of nitrogens with zero attached hydrogens (tertiary/aromatic N) is 1. The second-order valence-electron chi connectivity index (χ2n) is 5.65. The number of sulfonamides is 1. The van der Waals surface area contributed by atoms with Crippen molar-refractivity contribution in [3.8, 4) is 0 Å². The van der Waals surface area contributed by atoms with Gasteiger partial charge in [0.2, 0.25) is 10.0 Å². The number of hydrogen-bond donors (Lipinski definition) is 1. The molecule has 1 aliphatic heterocycles. The van der Waals surface area contributed by atoms with Crippen LogP contribution in [0, 0.1) is 5.92 Å². The number of likely N-dealkylation sites (tertiary alicyclic amines) is 1. The normalized spacial score (nSPS) is 34.8. The Morgan fingerprint density at radius 2 is 2.00 bits per heavy atom. The van der Waals surface area contributed by atoms with Gasteiger partial charge in [0.15, 0.2) is 0 Å². The first kappa shape index (κ1) is 13.3. The number of fused-ring (bicyclic) bond motifs is 1. The quantitative estimate of drug-likeness (QED) is 0.829. The van der Waals surface area contributed by atoms with Gasteiger partial charge in [-0.1, -0.05) is 12.8 Å². The monoisotopic (exact) mass is 260 g/mol. The molecule has 0 amide bonds. The van der Waals surface area contributed by atoms with Crippen LogP contribution in [0.3, 0.4) is 0 Å². The van der Waals surface area contributed by atoms with Gasteiger partial charge in [0.25, 0.3) is 0 Å². The highest BCUT2D eigenvalue weighted by Gasteiger charge is 2.39. The zero-order valence-corrected chi connectivity index (χ0v) is 11.5. The van der Waals surface area contributed by atoms with Crippen molar-refractivity contribution in [3.63, 3.8) is 0 Å². The van der Waals surface area contributed by atoms with E-state index in [4.69, 9.17) is 5.14 Å². The molecule has 2 N–H and O–H groups in total. The van der Waals surface area contributed by atoms with E-state index in [-0.39, 0.29) is 5.75 Å².